The summed E-state index contributed by atoms with van der Waals surface area (Å²) in [6.07, 6.45) is 6.68. The fraction of sp³-hybridized carbons (Fsp3) is 0. The molecule has 0 bridgehead atoms. The van der Waals surface area contributed by atoms with Gasteiger partial charge in [0.1, 0.15) is 6.07 Å². The van der Waals surface area contributed by atoms with Crippen LogP contribution in [0.3, 0.4) is 0 Å². The van der Waals surface area contributed by atoms with E-state index >= 15 is 0 Å². The van der Waals surface area contributed by atoms with E-state index in [1.54, 1.807) is 24.8 Å². The average Bonchev–Trinajstić information content (AvgIpc) is 3.27. The third-order valence-electron chi connectivity index (χ3n) is 5.95. The van der Waals surface area contributed by atoms with Crippen LogP contribution >= 0.6 is 0 Å². The van der Waals surface area contributed by atoms with E-state index in [-0.39, 0.29) is 11.8 Å². The number of benzene rings is 3. The van der Waals surface area contributed by atoms with Gasteiger partial charge in [-0.05, 0) is 12.1 Å². The van der Waals surface area contributed by atoms with E-state index in [1.165, 1.54) is 0 Å². The molecule has 162 valence electrons. The van der Waals surface area contributed by atoms with Crippen molar-refractivity contribution in [1.29, 1.82) is 5.26 Å². The first kappa shape index (κ1) is 20.2. The summed E-state index contributed by atoms with van der Waals surface area (Å²) in [5, 5.41) is 11.4. The predicted octanol–water partition coefficient (Wildman–Crippen LogP) is 6.12. The van der Waals surface area contributed by atoms with Crippen LogP contribution in [0, 0.1) is 17.9 Å². The summed E-state index contributed by atoms with van der Waals surface area (Å²) in [6.45, 7) is 7.19. The van der Waals surface area contributed by atoms with E-state index in [0.29, 0.717) is 0 Å². The van der Waals surface area contributed by atoms with Gasteiger partial charge < -0.3 is 9.41 Å². The van der Waals surface area contributed by atoms with Gasteiger partial charge in [-0.25, -0.2) is 9.97 Å². The van der Waals surface area contributed by atoms with Gasteiger partial charge in [-0.15, -0.1) is 6.57 Å². The second kappa shape index (κ2) is 8.18. The van der Waals surface area contributed by atoms with E-state index in [9.17, 15) is 0 Å². The van der Waals surface area contributed by atoms with Crippen molar-refractivity contribution < 1.29 is 0 Å². The molecular formula is C28H15N7. The van der Waals surface area contributed by atoms with Crippen molar-refractivity contribution in [2.24, 2.45) is 0 Å². The van der Waals surface area contributed by atoms with Crippen LogP contribution in [0.1, 0.15) is 5.82 Å². The minimum atomic E-state index is 0.101. The zero-order valence-corrected chi connectivity index (χ0v) is 18.3. The molecule has 0 amide bonds. The quantitative estimate of drug-likeness (QED) is 0.304. The molecule has 6 aromatic rings. The Bertz CT molecular complexity index is 1670. The van der Waals surface area contributed by atoms with Crippen molar-refractivity contribution in [2.75, 3.05) is 0 Å². The minimum Gasteiger partial charge on any atom is -0.394 e. The second-order valence-electron chi connectivity index (χ2n) is 7.86. The normalized spacial score (nSPS) is 10.8. The van der Waals surface area contributed by atoms with Crippen molar-refractivity contribution in [1.82, 2.24) is 24.5 Å². The molecule has 0 aliphatic rings. The maximum atomic E-state index is 9.16. The van der Waals surface area contributed by atoms with Gasteiger partial charge >= 0.3 is 5.95 Å². The molecule has 3 aromatic heterocycles. The second-order valence-corrected chi connectivity index (χ2v) is 7.86. The molecule has 35 heavy (non-hydrogen) atoms. The van der Waals surface area contributed by atoms with Crippen LogP contribution in [0.15, 0.2) is 91.5 Å². The maximum absolute atomic E-state index is 9.16. The summed E-state index contributed by atoms with van der Waals surface area (Å²) in [4.78, 5) is 20.2. The van der Waals surface area contributed by atoms with Gasteiger partial charge in [0.25, 0.3) is 0 Å². The number of nitriles is 1. The van der Waals surface area contributed by atoms with Crippen molar-refractivity contribution in [2.45, 2.75) is 0 Å². The highest BCUT2D eigenvalue weighted by molar-refractivity contribution is 6.10. The van der Waals surface area contributed by atoms with E-state index in [1.807, 2.05) is 48.5 Å². The molecule has 6 rings (SSSR count). The maximum Gasteiger partial charge on any atom is 0.371 e. The highest BCUT2D eigenvalue weighted by atomic mass is 15.0. The number of hydrogen-bond acceptors (Lipinski definition) is 5. The first-order valence-corrected chi connectivity index (χ1v) is 10.8. The fourth-order valence-corrected chi connectivity index (χ4v) is 4.46. The Morgan fingerprint density at radius 2 is 1.20 bits per heavy atom. The van der Waals surface area contributed by atoms with Crippen molar-refractivity contribution in [3.63, 3.8) is 0 Å². The molecule has 0 spiro atoms. The Kier molecular flexibility index (Phi) is 4.73. The number of hydrogen-bond donors (Lipinski definition) is 0. The summed E-state index contributed by atoms with van der Waals surface area (Å²) in [5.41, 5.74) is 6.37. The number of fused-ring (bicyclic) bond motifs is 3. The van der Waals surface area contributed by atoms with Gasteiger partial charge in [-0.2, -0.15) is 15.2 Å². The lowest BCUT2D eigenvalue weighted by molar-refractivity contribution is 1.11. The summed E-state index contributed by atoms with van der Waals surface area (Å²) >= 11 is 0. The number of para-hydroxylation sites is 3. The Balaban J connectivity index is 1.74. The first-order valence-electron chi connectivity index (χ1n) is 10.8. The zero-order valence-electron chi connectivity index (χ0n) is 18.3. The summed E-state index contributed by atoms with van der Waals surface area (Å²) in [5.74, 6) is 0.218. The Hall–Kier alpha value is -5.40. The molecule has 7 nitrogen and oxygen atoms in total. The molecule has 0 aliphatic carbocycles. The topological polar surface area (TPSA) is 84.6 Å². The van der Waals surface area contributed by atoms with Gasteiger partial charge in [0.15, 0.2) is 0 Å². The molecule has 3 aromatic carbocycles. The van der Waals surface area contributed by atoms with Crippen molar-refractivity contribution >= 4 is 27.8 Å². The van der Waals surface area contributed by atoms with Gasteiger partial charge in [0.05, 0.1) is 34.7 Å². The molecule has 0 saturated carbocycles. The average molecular weight is 449 g/mol. The molecule has 0 aliphatic heterocycles. The third kappa shape index (κ3) is 3.28. The van der Waals surface area contributed by atoms with Gasteiger partial charge in [-0.3, -0.25) is 0 Å². The first-order chi connectivity index (χ1) is 17.3. The standard InChI is InChI=1S/C28H15N7/c1-30-28-33-16-19(17-34-28)21-10-6-9-20(18-14-31-26(13-29)32-15-18)27(21)35-24-11-4-2-7-22(24)23-8-3-5-12-25(23)35/h2-12,14-17H. The third-order valence-corrected chi connectivity index (χ3v) is 5.95. The van der Waals surface area contributed by atoms with E-state index in [0.717, 1.165) is 49.7 Å². The lowest BCUT2D eigenvalue weighted by atomic mass is 9.98. The summed E-state index contributed by atoms with van der Waals surface area (Å²) in [7, 11) is 0. The van der Waals surface area contributed by atoms with Crippen LogP contribution in [0.25, 0.3) is 54.6 Å². The number of nitrogens with zero attached hydrogens (tertiary/aromatic N) is 7. The van der Waals surface area contributed by atoms with E-state index in [2.05, 4.69) is 53.6 Å². The Morgan fingerprint density at radius 1 is 0.686 bits per heavy atom. The molecule has 7 heteroatoms. The molecular weight excluding hydrogens is 434 g/mol. The van der Waals surface area contributed by atoms with Gasteiger partial charge in [0, 0.05) is 39.9 Å². The van der Waals surface area contributed by atoms with Crippen molar-refractivity contribution in [3.05, 3.63) is 109 Å². The highest BCUT2D eigenvalue weighted by Crippen LogP contribution is 2.40. The summed E-state index contributed by atoms with van der Waals surface area (Å²) in [6, 6.07) is 24.5. The van der Waals surface area contributed by atoms with Crippen LogP contribution in [0.4, 0.5) is 5.95 Å². The number of rotatable bonds is 3. The van der Waals surface area contributed by atoms with Crippen LogP contribution in [0.5, 0.6) is 0 Å². The SMILES string of the molecule is [C-]#[N+]c1ncc(-c2cccc(-c3cnc(C#N)nc3)c2-n2c3ccccc3c3ccccc32)cn1. The largest absolute Gasteiger partial charge is 0.394 e. The van der Waals surface area contributed by atoms with Crippen LogP contribution < -0.4 is 0 Å². The lowest BCUT2D eigenvalue weighted by Crippen LogP contribution is -2.01. The van der Waals surface area contributed by atoms with Crippen LogP contribution in [-0.4, -0.2) is 24.5 Å². The molecule has 0 N–H and O–H groups in total. The van der Waals surface area contributed by atoms with Crippen molar-refractivity contribution in [3.8, 4) is 34.0 Å². The van der Waals surface area contributed by atoms with E-state index < -0.39 is 0 Å². The highest BCUT2D eigenvalue weighted by Gasteiger charge is 2.20. The number of aromatic nitrogens is 5. The fourth-order valence-electron chi connectivity index (χ4n) is 4.46. The molecule has 3 heterocycles. The molecule has 0 fully saturated rings. The molecule has 0 unspecified atom stereocenters. The van der Waals surface area contributed by atoms with Crippen LogP contribution in [0.2, 0.25) is 0 Å². The van der Waals surface area contributed by atoms with E-state index in [4.69, 9.17) is 11.8 Å². The molecule has 0 radical (unpaired) electrons. The lowest BCUT2D eigenvalue weighted by Gasteiger charge is -2.18. The van der Waals surface area contributed by atoms with Gasteiger partial charge in [0.2, 0.25) is 5.82 Å². The molecule has 0 saturated heterocycles. The molecule has 0 atom stereocenters. The van der Waals surface area contributed by atoms with Crippen LogP contribution in [-0.2, 0) is 0 Å². The smallest absolute Gasteiger partial charge is 0.371 e. The zero-order chi connectivity index (χ0) is 23.8. The Morgan fingerprint density at radius 3 is 1.71 bits per heavy atom. The predicted molar refractivity (Wildman–Crippen MR) is 134 cm³/mol. The minimum absolute atomic E-state index is 0.101. The monoisotopic (exact) mass is 449 g/mol. The van der Waals surface area contributed by atoms with Gasteiger partial charge in [-0.1, -0.05) is 54.6 Å². The summed E-state index contributed by atoms with van der Waals surface area (Å²) < 4.78 is 2.23. The Labute approximate surface area is 200 Å².